The van der Waals surface area contributed by atoms with Gasteiger partial charge in [-0.15, -0.1) is 0 Å². The Balaban J connectivity index is 2.89. The van der Waals surface area contributed by atoms with Crippen molar-refractivity contribution in [2.45, 2.75) is 44.9 Å². The highest BCUT2D eigenvalue weighted by molar-refractivity contribution is 7.89. The van der Waals surface area contributed by atoms with Gasteiger partial charge in [0.15, 0.2) is 0 Å². The lowest BCUT2D eigenvalue weighted by molar-refractivity contribution is -0.147. The van der Waals surface area contributed by atoms with Crippen LogP contribution in [-0.4, -0.2) is 26.0 Å². The normalized spacial score (nSPS) is 14.9. The highest BCUT2D eigenvalue weighted by Crippen LogP contribution is 2.22. The molecule has 1 aromatic carbocycles. The summed E-state index contributed by atoms with van der Waals surface area (Å²) >= 11 is 0. The van der Waals surface area contributed by atoms with Crippen molar-refractivity contribution in [1.82, 2.24) is 4.72 Å². The maximum Gasteiger partial charge on any atom is 0.310 e. The molecule has 0 saturated carbocycles. The van der Waals surface area contributed by atoms with Gasteiger partial charge in [0, 0.05) is 6.54 Å². The van der Waals surface area contributed by atoms with E-state index in [0.717, 1.165) is 5.56 Å². The van der Waals surface area contributed by atoms with E-state index in [-0.39, 0.29) is 11.4 Å². The summed E-state index contributed by atoms with van der Waals surface area (Å²) in [6.45, 7) is 7.18. The average molecular weight is 313 g/mol. The molecule has 118 valence electrons. The number of nitrogens with one attached hydrogen (secondary N) is 1. The zero-order valence-electron chi connectivity index (χ0n) is 12.9. The number of hydrogen-bond donors (Lipinski definition) is 2. The Hall–Kier alpha value is -1.40. The van der Waals surface area contributed by atoms with Crippen LogP contribution in [0.1, 0.15) is 45.6 Å². The molecule has 0 bridgehead atoms. The Morgan fingerprint density at radius 2 is 1.81 bits per heavy atom. The second kappa shape index (κ2) is 6.58. The molecule has 0 aromatic heterocycles. The summed E-state index contributed by atoms with van der Waals surface area (Å²) < 4.78 is 26.8. The van der Waals surface area contributed by atoms with Gasteiger partial charge in [-0.3, -0.25) is 4.79 Å². The maximum absolute atomic E-state index is 12.2. The van der Waals surface area contributed by atoms with Crippen LogP contribution in [0.4, 0.5) is 0 Å². The van der Waals surface area contributed by atoms with E-state index in [4.69, 9.17) is 5.11 Å². The van der Waals surface area contributed by atoms with Crippen LogP contribution in [0.15, 0.2) is 29.2 Å². The SMILES string of the molecule is CC[C@@](C)(CNS(=O)(=O)c1ccc(C(C)C)cc1)C(=O)O. The number of carbonyl (C=O) groups is 1. The van der Waals surface area contributed by atoms with Crippen LogP contribution in [0.2, 0.25) is 0 Å². The Kier molecular flexibility index (Phi) is 5.53. The third-order valence-electron chi connectivity index (χ3n) is 3.81. The van der Waals surface area contributed by atoms with Crippen molar-refractivity contribution in [3.05, 3.63) is 29.8 Å². The van der Waals surface area contributed by atoms with E-state index in [2.05, 4.69) is 4.72 Å². The van der Waals surface area contributed by atoms with Crippen molar-refractivity contribution in [2.75, 3.05) is 6.54 Å². The first-order chi connectivity index (χ1) is 9.62. The quantitative estimate of drug-likeness (QED) is 0.810. The van der Waals surface area contributed by atoms with Crippen LogP contribution >= 0.6 is 0 Å². The summed E-state index contributed by atoms with van der Waals surface area (Å²) in [6.07, 6.45) is 0.344. The van der Waals surface area contributed by atoms with E-state index in [1.807, 2.05) is 13.8 Å². The zero-order chi connectivity index (χ0) is 16.3. The lowest BCUT2D eigenvalue weighted by Gasteiger charge is -2.23. The molecule has 0 fully saturated rings. The molecule has 1 rings (SSSR count). The van der Waals surface area contributed by atoms with Crippen molar-refractivity contribution >= 4 is 16.0 Å². The van der Waals surface area contributed by atoms with Gasteiger partial charge in [0.2, 0.25) is 10.0 Å². The maximum atomic E-state index is 12.2. The lowest BCUT2D eigenvalue weighted by atomic mass is 9.88. The average Bonchev–Trinajstić information content (AvgIpc) is 2.44. The van der Waals surface area contributed by atoms with Gasteiger partial charge in [-0.1, -0.05) is 32.9 Å². The molecular formula is C15H23NO4S. The highest BCUT2D eigenvalue weighted by atomic mass is 32.2. The van der Waals surface area contributed by atoms with Gasteiger partial charge in [0.05, 0.1) is 10.3 Å². The molecule has 0 aliphatic heterocycles. The van der Waals surface area contributed by atoms with Gasteiger partial charge in [-0.2, -0.15) is 0 Å². The number of carboxylic acid groups (broad SMARTS) is 1. The summed E-state index contributed by atoms with van der Waals surface area (Å²) in [4.78, 5) is 11.3. The van der Waals surface area contributed by atoms with Gasteiger partial charge in [-0.25, -0.2) is 13.1 Å². The van der Waals surface area contributed by atoms with Crippen molar-refractivity contribution < 1.29 is 18.3 Å². The molecule has 0 amide bonds. The first kappa shape index (κ1) is 17.7. The number of sulfonamides is 1. The van der Waals surface area contributed by atoms with Gasteiger partial charge in [0.1, 0.15) is 0 Å². The Labute approximate surface area is 126 Å². The largest absolute Gasteiger partial charge is 0.481 e. The number of aliphatic carboxylic acids is 1. The van der Waals surface area contributed by atoms with E-state index in [1.54, 1.807) is 31.2 Å². The fourth-order valence-electron chi connectivity index (χ4n) is 1.72. The number of hydrogen-bond acceptors (Lipinski definition) is 3. The van der Waals surface area contributed by atoms with Crippen LogP contribution < -0.4 is 4.72 Å². The molecule has 0 aliphatic carbocycles. The predicted octanol–water partition coefficient (Wildman–Crippen LogP) is 2.59. The summed E-state index contributed by atoms with van der Waals surface area (Å²) in [6, 6.07) is 6.63. The molecule has 0 unspecified atom stereocenters. The summed E-state index contributed by atoms with van der Waals surface area (Å²) in [5, 5.41) is 9.16. The number of rotatable bonds is 7. The second-order valence-corrected chi connectivity index (χ2v) is 7.53. The molecule has 0 saturated heterocycles. The van der Waals surface area contributed by atoms with E-state index < -0.39 is 21.4 Å². The fraction of sp³-hybridized carbons (Fsp3) is 0.533. The van der Waals surface area contributed by atoms with E-state index >= 15 is 0 Å². The number of benzene rings is 1. The van der Waals surface area contributed by atoms with Crippen LogP contribution in [-0.2, 0) is 14.8 Å². The Bertz CT molecular complexity index is 593. The predicted molar refractivity (Wildman–Crippen MR) is 81.8 cm³/mol. The van der Waals surface area contributed by atoms with Crippen molar-refractivity contribution in [3.8, 4) is 0 Å². The van der Waals surface area contributed by atoms with Gasteiger partial charge >= 0.3 is 5.97 Å². The van der Waals surface area contributed by atoms with Gasteiger partial charge in [0.25, 0.3) is 0 Å². The van der Waals surface area contributed by atoms with E-state index in [9.17, 15) is 13.2 Å². The minimum atomic E-state index is -3.69. The number of carboxylic acids is 1. The Morgan fingerprint density at radius 1 is 1.29 bits per heavy atom. The van der Waals surface area contributed by atoms with E-state index in [1.165, 1.54) is 6.92 Å². The molecule has 1 atom stereocenters. The lowest BCUT2D eigenvalue weighted by Crippen LogP contribution is -2.40. The molecule has 1 aromatic rings. The molecular weight excluding hydrogens is 290 g/mol. The van der Waals surface area contributed by atoms with Gasteiger partial charge in [-0.05, 0) is 37.0 Å². The summed E-state index contributed by atoms with van der Waals surface area (Å²) in [7, 11) is -3.69. The third kappa shape index (κ3) is 4.28. The smallest absolute Gasteiger partial charge is 0.310 e. The van der Waals surface area contributed by atoms with Crippen LogP contribution in [0.5, 0.6) is 0 Å². The second-order valence-electron chi connectivity index (χ2n) is 5.77. The van der Waals surface area contributed by atoms with Gasteiger partial charge < -0.3 is 5.11 Å². The van der Waals surface area contributed by atoms with Crippen molar-refractivity contribution in [3.63, 3.8) is 0 Å². The molecule has 0 heterocycles. The first-order valence-corrected chi connectivity index (χ1v) is 8.43. The van der Waals surface area contributed by atoms with Crippen LogP contribution in [0, 0.1) is 5.41 Å². The summed E-state index contributed by atoms with van der Waals surface area (Å²) in [5.74, 6) is -0.687. The monoisotopic (exact) mass is 313 g/mol. The molecule has 0 aliphatic rings. The molecule has 0 spiro atoms. The Morgan fingerprint density at radius 3 is 2.19 bits per heavy atom. The van der Waals surface area contributed by atoms with Crippen molar-refractivity contribution in [2.24, 2.45) is 5.41 Å². The minimum absolute atomic E-state index is 0.132. The van der Waals surface area contributed by atoms with Crippen LogP contribution in [0.3, 0.4) is 0 Å². The molecule has 6 heteroatoms. The molecule has 21 heavy (non-hydrogen) atoms. The molecule has 5 nitrogen and oxygen atoms in total. The molecule has 0 radical (unpaired) electrons. The highest BCUT2D eigenvalue weighted by Gasteiger charge is 2.32. The van der Waals surface area contributed by atoms with Crippen LogP contribution in [0.25, 0.3) is 0 Å². The summed E-state index contributed by atoms with van der Waals surface area (Å²) in [5.41, 5.74) is -0.0526. The van der Waals surface area contributed by atoms with Crippen molar-refractivity contribution in [1.29, 1.82) is 0 Å². The standard InChI is InChI=1S/C15H23NO4S/c1-5-15(4,14(17)18)10-16-21(19,20)13-8-6-12(7-9-13)11(2)3/h6-9,11,16H,5,10H2,1-4H3,(H,17,18)/t15-/m0/s1. The zero-order valence-corrected chi connectivity index (χ0v) is 13.7. The third-order valence-corrected chi connectivity index (χ3v) is 5.22. The molecule has 2 N–H and O–H groups in total. The van der Waals surface area contributed by atoms with E-state index in [0.29, 0.717) is 12.3 Å². The topological polar surface area (TPSA) is 83.5 Å². The first-order valence-electron chi connectivity index (χ1n) is 6.95. The minimum Gasteiger partial charge on any atom is -0.481 e. The fourth-order valence-corrected chi connectivity index (χ4v) is 2.89.